The first-order chi connectivity index (χ1) is 13.1. The highest BCUT2D eigenvalue weighted by Crippen LogP contribution is 2.43. The van der Waals surface area contributed by atoms with Crippen LogP contribution < -0.4 is 5.73 Å². The van der Waals surface area contributed by atoms with Crippen molar-refractivity contribution in [1.82, 2.24) is 4.57 Å². The number of anilines is 1. The van der Waals surface area contributed by atoms with Crippen LogP contribution in [0.4, 0.5) is 32.2 Å². The number of hydrogen-bond acceptors (Lipinski definition) is 5. The number of benzene rings is 1. The monoisotopic (exact) mass is 476 g/mol. The molecule has 0 aliphatic carbocycles. The zero-order valence-corrected chi connectivity index (χ0v) is 15.7. The third kappa shape index (κ3) is 3.57. The summed E-state index contributed by atoms with van der Waals surface area (Å²) in [6.07, 6.45) is -4.89. The summed E-state index contributed by atoms with van der Waals surface area (Å²) >= 11 is 11.5. The number of sulfone groups is 1. The first kappa shape index (κ1) is 22.7. The third-order valence-corrected chi connectivity index (χ3v) is 5.66. The van der Waals surface area contributed by atoms with E-state index in [4.69, 9.17) is 34.2 Å². The fourth-order valence-corrected chi connectivity index (χ4v) is 4.01. The van der Waals surface area contributed by atoms with E-state index in [1.54, 1.807) is 0 Å². The summed E-state index contributed by atoms with van der Waals surface area (Å²) in [5, 5.41) is 16.7. The Hall–Kier alpha value is -2.61. The molecule has 154 valence electrons. The maximum absolute atomic E-state index is 13.0. The molecule has 2 aromatic rings. The minimum atomic E-state index is -6.21. The van der Waals surface area contributed by atoms with E-state index in [2.05, 4.69) is 0 Å². The molecule has 0 spiro atoms. The van der Waals surface area contributed by atoms with Gasteiger partial charge in [0, 0.05) is 0 Å². The van der Waals surface area contributed by atoms with E-state index >= 15 is 0 Å². The molecular formula is C14H4Cl2F6N4O2S. The molecule has 1 aromatic carbocycles. The van der Waals surface area contributed by atoms with Crippen molar-refractivity contribution in [2.75, 3.05) is 5.73 Å². The molecule has 6 nitrogen and oxygen atoms in total. The number of nitrogens with zero attached hydrogens (tertiary/aromatic N) is 3. The number of halogens is 8. The lowest BCUT2D eigenvalue weighted by Crippen LogP contribution is -2.24. The van der Waals surface area contributed by atoms with E-state index in [0.717, 1.165) is 6.07 Å². The standard InChI is InChI=1S/C14H4Cl2F6N4O2S/c15-7-1-5(13(17,18)19)2-8(16)10(7)26-9(4-24)6(3-23)11(12(26)25)29(27,28)14(20,21)22/h1-2H,25H2. The van der Waals surface area contributed by atoms with E-state index in [-0.39, 0.29) is 4.57 Å². The second kappa shape index (κ2) is 7.02. The Kier molecular flexibility index (Phi) is 5.49. The summed E-state index contributed by atoms with van der Waals surface area (Å²) in [4.78, 5) is -1.74. The number of nitrogen functional groups attached to an aromatic ring is 1. The van der Waals surface area contributed by atoms with Gasteiger partial charge in [0.05, 0.1) is 21.3 Å². The molecule has 0 aliphatic heterocycles. The zero-order valence-electron chi connectivity index (χ0n) is 13.3. The molecule has 0 radical (unpaired) electrons. The first-order valence-electron chi connectivity index (χ1n) is 6.81. The highest BCUT2D eigenvalue weighted by Gasteiger charge is 2.51. The van der Waals surface area contributed by atoms with Gasteiger partial charge in [0.2, 0.25) is 0 Å². The van der Waals surface area contributed by atoms with Gasteiger partial charge in [0.25, 0.3) is 9.84 Å². The molecule has 2 N–H and O–H groups in total. The van der Waals surface area contributed by atoms with Gasteiger partial charge in [-0.2, -0.15) is 36.9 Å². The molecule has 0 saturated carbocycles. The molecule has 0 amide bonds. The Morgan fingerprint density at radius 1 is 1.00 bits per heavy atom. The molecule has 0 bridgehead atoms. The number of aromatic nitrogens is 1. The molecule has 0 unspecified atom stereocenters. The second-order valence-corrected chi connectivity index (χ2v) is 7.92. The largest absolute Gasteiger partial charge is 0.502 e. The van der Waals surface area contributed by atoms with Gasteiger partial charge in [0.15, 0.2) is 0 Å². The maximum atomic E-state index is 13.0. The lowest BCUT2D eigenvalue weighted by Gasteiger charge is -2.15. The van der Waals surface area contributed by atoms with Crippen molar-refractivity contribution in [3.05, 3.63) is 39.0 Å². The summed E-state index contributed by atoms with van der Waals surface area (Å²) in [6, 6.07) is 3.10. The molecule has 1 heterocycles. The SMILES string of the molecule is N#Cc1c(S(=O)(=O)C(F)(F)F)c(N)n(-c2c(Cl)cc(C(F)(F)F)cc2Cl)c1C#N. The molecule has 0 atom stereocenters. The van der Waals surface area contributed by atoms with Gasteiger partial charge in [0.1, 0.15) is 34.1 Å². The summed E-state index contributed by atoms with van der Waals surface area (Å²) in [5.74, 6) is -1.28. The first-order valence-corrected chi connectivity index (χ1v) is 9.05. The van der Waals surface area contributed by atoms with Gasteiger partial charge in [-0.3, -0.25) is 4.57 Å². The Morgan fingerprint density at radius 3 is 1.83 bits per heavy atom. The van der Waals surface area contributed by atoms with Gasteiger partial charge in [-0.25, -0.2) is 8.42 Å². The minimum absolute atomic E-state index is 0.280. The van der Waals surface area contributed by atoms with Crippen LogP contribution in [-0.2, 0) is 16.0 Å². The van der Waals surface area contributed by atoms with Crippen molar-refractivity contribution in [2.24, 2.45) is 0 Å². The highest BCUT2D eigenvalue weighted by atomic mass is 35.5. The van der Waals surface area contributed by atoms with Crippen molar-refractivity contribution in [3.63, 3.8) is 0 Å². The van der Waals surface area contributed by atoms with Crippen molar-refractivity contribution < 1.29 is 34.8 Å². The van der Waals surface area contributed by atoms with Crippen LogP contribution in [0.3, 0.4) is 0 Å². The Labute approximate surface area is 168 Å². The molecule has 0 saturated heterocycles. The number of rotatable bonds is 2. The van der Waals surface area contributed by atoms with E-state index in [9.17, 15) is 40.0 Å². The molecular weight excluding hydrogens is 473 g/mol. The fourth-order valence-electron chi connectivity index (χ4n) is 2.34. The zero-order chi connectivity index (χ0) is 22.5. The predicted octanol–water partition coefficient (Wildman–Crippen LogP) is 4.42. The highest BCUT2D eigenvalue weighted by molar-refractivity contribution is 7.92. The number of nitrogens with two attached hydrogens (primary N) is 1. The molecule has 29 heavy (non-hydrogen) atoms. The van der Waals surface area contributed by atoms with E-state index in [1.165, 1.54) is 6.07 Å². The lowest BCUT2D eigenvalue weighted by atomic mass is 10.2. The molecule has 1 aromatic heterocycles. The number of alkyl halides is 6. The van der Waals surface area contributed by atoms with E-state index in [1.807, 2.05) is 0 Å². The molecule has 0 aliphatic rings. The Morgan fingerprint density at radius 2 is 1.48 bits per heavy atom. The van der Waals surface area contributed by atoms with Crippen LogP contribution in [0.5, 0.6) is 0 Å². The van der Waals surface area contributed by atoms with Crippen LogP contribution in [0, 0.1) is 22.7 Å². The van der Waals surface area contributed by atoms with Crippen molar-refractivity contribution >= 4 is 38.9 Å². The molecule has 0 fully saturated rings. The van der Waals surface area contributed by atoms with Crippen LogP contribution in [0.25, 0.3) is 5.69 Å². The topological polar surface area (TPSA) is 113 Å². The number of nitriles is 2. The smallest absolute Gasteiger partial charge is 0.384 e. The second-order valence-electron chi connectivity index (χ2n) is 5.23. The van der Waals surface area contributed by atoms with Gasteiger partial charge >= 0.3 is 11.7 Å². The molecule has 15 heteroatoms. The normalized spacial score (nSPS) is 12.5. The Balaban J connectivity index is 3.02. The van der Waals surface area contributed by atoms with Crippen LogP contribution in [0.2, 0.25) is 10.0 Å². The van der Waals surface area contributed by atoms with Crippen LogP contribution in [-0.4, -0.2) is 18.5 Å². The van der Waals surface area contributed by atoms with Crippen LogP contribution in [0.15, 0.2) is 17.0 Å². The predicted molar refractivity (Wildman–Crippen MR) is 87.9 cm³/mol. The summed E-state index contributed by atoms with van der Waals surface area (Å²) < 4.78 is 101. The quantitative estimate of drug-likeness (QED) is 0.644. The van der Waals surface area contributed by atoms with Crippen molar-refractivity contribution in [1.29, 1.82) is 10.5 Å². The van der Waals surface area contributed by atoms with Gasteiger partial charge < -0.3 is 5.73 Å². The average Bonchev–Trinajstić information content (AvgIpc) is 2.84. The minimum Gasteiger partial charge on any atom is -0.384 e. The van der Waals surface area contributed by atoms with E-state index < -0.39 is 64.8 Å². The Bertz CT molecular complexity index is 1180. The van der Waals surface area contributed by atoms with Crippen molar-refractivity contribution in [2.45, 2.75) is 16.6 Å². The third-order valence-electron chi connectivity index (χ3n) is 3.52. The van der Waals surface area contributed by atoms with Gasteiger partial charge in [-0.1, -0.05) is 23.2 Å². The summed E-state index contributed by atoms with van der Waals surface area (Å²) in [7, 11) is -6.21. The van der Waals surface area contributed by atoms with Gasteiger partial charge in [-0.15, -0.1) is 0 Å². The number of hydrogen-bond donors (Lipinski definition) is 1. The lowest BCUT2D eigenvalue weighted by molar-refractivity contribution is -0.137. The molecule has 2 rings (SSSR count). The average molecular weight is 477 g/mol. The van der Waals surface area contributed by atoms with Gasteiger partial charge in [-0.05, 0) is 12.1 Å². The maximum Gasteiger partial charge on any atom is 0.502 e. The van der Waals surface area contributed by atoms with Crippen LogP contribution >= 0.6 is 23.2 Å². The van der Waals surface area contributed by atoms with E-state index in [0.29, 0.717) is 12.1 Å². The summed E-state index contributed by atoms with van der Waals surface area (Å²) in [6.45, 7) is 0. The summed E-state index contributed by atoms with van der Waals surface area (Å²) in [5.41, 5.74) is -4.74. The van der Waals surface area contributed by atoms with Crippen LogP contribution in [0.1, 0.15) is 16.8 Å². The fraction of sp³-hybridized carbons (Fsp3) is 0.143. The van der Waals surface area contributed by atoms with Crippen molar-refractivity contribution in [3.8, 4) is 17.8 Å².